The lowest BCUT2D eigenvalue weighted by molar-refractivity contribution is 0.660. The van der Waals surface area contributed by atoms with E-state index in [1.165, 1.54) is 55.3 Å². The summed E-state index contributed by atoms with van der Waals surface area (Å²) in [6.45, 7) is 4.68. The summed E-state index contributed by atoms with van der Waals surface area (Å²) in [6.07, 6.45) is 0. The summed E-state index contributed by atoms with van der Waals surface area (Å²) in [5.41, 5.74) is 17.3. The van der Waals surface area contributed by atoms with Gasteiger partial charge >= 0.3 is 0 Å². The first-order valence-corrected chi connectivity index (χ1v) is 19.8. The lowest BCUT2D eigenvalue weighted by Gasteiger charge is -2.28. The van der Waals surface area contributed by atoms with Crippen LogP contribution in [0.15, 0.2) is 205 Å². The zero-order chi connectivity index (χ0) is 38.1. The Balaban J connectivity index is 1.09. The Morgan fingerprint density at radius 1 is 0.351 bits per heavy atom. The molecule has 0 saturated carbocycles. The maximum atomic E-state index is 6.94. The molecule has 1 aliphatic carbocycles. The van der Waals surface area contributed by atoms with Gasteiger partial charge in [0, 0.05) is 39.3 Å². The molecule has 1 aromatic heterocycles. The molecule has 0 amide bonds. The van der Waals surface area contributed by atoms with Gasteiger partial charge in [-0.05, 0) is 127 Å². The smallest absolute Gasteiger partial charge is 0.137 e. The van der Waals surface area contributed by atoms with Gasteiger partial charge in [-0.15, -0.1) is 0 Å². The number of benzene rings is 9. The number of rotatable bonds is 6. The predicted octanol–water partition coefficient (Wildman–Crippen LogP) is 15.5. The summed E-state index contributed by atoms with van der Waals surface area (Å²) < 4.78 is 6.94. The van der Waals surface area contributed by atoms with Crippen LogP contribution in [0.4, 0.5) is 17.1 Å². The van der Waals surface area contributed by atoms with Crippen LogP contribution in [0.3, 0.4) is 0 Å². The van der Waals surface area contributed by atoms with E-state index in [4.69, 9.17) is 4.42 Å². The maximum absolute atomic E-state index is 6.94. The molecule has 11 rings (SSSR count). The molecule has 0 fully saturated rings. The first-order valence-electron chi connectivity index (χ1n) is 19.8. The van der Waals surface area contributed by atoms with E-state index in [1.54, 1.807) is 0 Å². The zero-order valence-corrected chi connectivity index (χ0v) is 31.9. The molecule has 2 heteroatoms. The molecule has 9 aromatic carbocycles. The summed E-state index contributed by atoms with van der Waals surface area (Å²) in [6, 6.07) is 72.5. The minimum atomic E-state index is -0.103. The Morgan fingerprint density at radius 2 is 0.912 bits per heavy atom. The van der Waals surface area contributed by atoms with E-state index in [9.17, 15) is 0 Å². The van der Waals surface area contributed by atoms with Gasteiger partial charge in [-0.25, -0.2) is 0 Å². The van der Waals surface area contributed by atoms with E-state index < -0.39 is 0 Å². The van der Waals surface area contributed by atoms with Crippen molar-refractivity contribution in [1.82, 2.24) is 0 Å². The van der Waals surface area contributed by atoms with Crippen molar-refractivity contribution in [1.29, 1.82) is 0 Å². The van der Waals surface area contributed by atoms with Gasteiger partial charge in [-0.1, -0.05) is 147 Å². The fourth-order valence-corrected chi connectivity index (χ4v) is 9.24. The highest BCUT2D eigenvalue weighted by atomic mass is 16.3. The van der Waals surface area contributed by atoms with Crippen LogP contribution in [0.1, 0.15) is 25.0 Å². The van der Waals surface area contributed by atoms with E-state index in [1.807, 2.05) is 0 Å². The Bertz CT molecular complexity index is 3080. The summed E-state index contributed by atoms with van der Waals surface area (Å²) in [5.74, 6) is 0. The lowest BCUT2D eigenvalue weighted by Crippen LogP contribution is -2.16. The van der Waals surface area contributed by atoms with E-state index in [0.29, 0.717) is 0 Å². The first-order chi connectivity index (χ1) is 28.0. The number of anilines is 3. The second-order valence-electron chi connectivity index (χ2n) is 15.7. The highest BCUT2D eigenvalue weighted by Gasteiger charge is 2.35. The second-order valence-corrected chi connectivity index (χ2v) is 15.7. The SMILES string of the molecule is CC1(C)c2ccccc2-c2ccc(N(c3ccccc3)c3ccc4c(c3)oc3cc(-c5cc(-c6ccccc6)cc(-c6ccccc6)c5)c5ccccc5c34)cc21. The second kappa shape index (κ2) is 13.0. The minimum Gasteiger partial charge on any atom is -0.456 e. The van der Waals surface area contributed by atoms with E-state index >= 15 is 0 Å². The number of nitrogens with zero attached hydrogens (tertiary/aromatic N) is 1. The fourth-order valence-electron chi connectivity index (χ4n) is 9.24. The zero-order valence-electron chi connectivity index (χ0n) is 31.9. The summed E-state index contributed by atoms with van der Waals surface area (Å²) in [4.78, 5) is 2.36. The molecule has 0 radical (unpaired) electrons. The first kappa shape index (κ1) is 33.2. The van der Waals surface area contributed by atoms with Crippen LogP contribution < -0.4 is 4.90 Å². The fraction of sp³-hybridized carbons (Fsp3) is 0.0545. The van der Waals surface area contributed by atoms with Crippen molar-refractivity contribution in [3.8, 4) is 44.5 Å². The standard InChI is InChI=1S/C55H39NO/c1-55(2)50-25-15-14-23-45(50)46-28-26-42(33-51(46)55)56(41-20-10-5-11-21-41)43-27-29-48-52(34-43)57-53-35-49(44-22-12-13-24-47(44)54(48)53)40-31-38(36-16-6-3-7-17-36)30-39(32-40)37-18-8-4-9-19-37/h3-35H,1-2H3. The maximum Gasteiger partial charge on any atom is 0.137 e. The molecule has 0 spiro atoms. The number of furan rings is 1. The molecule has 2 nitrogen and oxygen atoms in total. The molecule has 0 unspecified atom stereocenters. The van der Waals surface area contributed by atoms with Gasteiger partial charge < -0.3 is 9.32 Å². The molecule has 0 bridgehead atoms. The number of hydrogen-bond acceptors (Lipinski definition) is 2. The van der Waals surface area contributed by atoms with Gasteiger partial charge in [0.1, 0.15) is 11.2 Å². The third-order valence-corrected chi connectivity index (χ3v) is 12.0. The Hall–Kier alpha value is -7.16. The quantitative estimate of drug-likeness (QED) is 0.169. The topological polar surface area (TPSA) is 16.4 Å². The molecule has 1 heterocycles. The molecule has 270 valence electrons. The third-order valence-electron chi connectivity index (χ3n) is 12.0. The third kappa shape index (κ3) is 5.40. The van der Waals surface area contributed by atoms with E-state index in [2.05, 4.69) is 219 Å². The van der Waals surface area contributed by atoms with E-state index in [0.717, 1.165) is 50.1 Å². The average molecular weight is 730 g/mol. The van der Waals surface area contributed by atoms with Crippen molar-refractivity contribution in [3.05, 3.63) is 211 Å². The lowest BCUT2D eigenvalue weighted by atomic mass is 9.82. The normalized spacial score (nSPS) is 12.9. The monoisotopic (exact) mass is 729 g/mol. The number of para-hydroxylation sites is 1. The Kier molecular flexibility index (Phi) is 7.55. The van der Waals surface area contributed by atoms with Crippen LogP contribution in [-0.2, 0) is 5.41 Å². The van der Waals surface area contributed by atoms with Gasteiger partial charge in [0.15, 0.2) is 0 Å². The largest absolute Gasteiger partial charge is 0.456 e. The summed E-state index contributed by atoms with van der Waals surface area (Å²) in [5, 5.41) is 4.64. The van der Waals surface area contributed by atoms with Crippen LogP contribution in [0.2, 0.25) is 0 Å². The predicted molar refractivity (Wildman–Crippen MR) is 240 cm³/mol. The van der Waals surface area contributed by atoms with Crippen molar-refractivity contribution in [2.75, 3.05) is 4.90 Å². The molecule has 0 N–H and O–H groups in total. The van der Waals surface area contributed by atoms with Crippen molar-refractivity contribution in [2.24, 2.45) is 0 Å². The minimum absolute atomic E-state index is 0.103. The highest BCUT2D eigenvalue weighted by Crippen LogP contribution is 2.51. The van der Waals surface area contributed by atoms with Crippen LogP contribution in [0.5, 0.6) is 0 Å². The molecule has 0 atom stereocenters. The number of fused-ring (bicyclic) bond motifs is 8. The van der Waals surface area contributed by atoms with Crippen LogP contribution >= 0.6 is 0 Å². The summed E-state index contributed by atoms with van der Waals surface area (Å²) >= 11 is 0. The van der Waals surface area contributed by atoms with Crippen LogP contribution in [0, 0.1) is 0 Å². The molecule has 0 aliphatic heterocycles. The van der Waals surface area contributed by atoms with E-state index in [-0.39, 0.29) is 5.41 Å². The van der Waals surface area contributed by atoms with Crippen molar-refractivity contribution in [3.63, 3.8) is 0 Å². The molecule has 57 heavy (non-hydrogen) atoms. The van der Waals surface area contributed by atoms with Crippen LogP contribution in [0.25, 0.3) is 77.2 Å². The Labute approximate surface area is 332 Å². The van der Waals surface area contributed by atoms with Crippen LogP contribution in [-0.4, -0.2) is 0 Å². The van der Waals surface area contributed by atoms with Crippen molar-refractivity contribution >= 4 is 49.8 Å². The highest BCUT2D eigenvalue weighted by molar-refractivity contribution is 6.22. The molecule has 10 aromatic rings. The van der Waals surface area contributed by atoms with Gasteiger partial charge in [0.05, 0.1) is 0 Å². The Morgan fingerprint density at radius 3 is 1.63 bits per heavy atom. The van der Waals surface area contributed by atoms with Crippen molar-refractivity contribution < 1.29 is 4.42 Å². The molecule has 0 saturated heterocycles. The molecule has 1 aliphatic rings. The van der Waals surface area contributed by atoms with Gasteiger partial charge in [-0.2, -0.15) is 0 Å². The summed E-state index contributed by atoms with van der Waals surface area (Å²) in [7, 11) is 0. The number of hydrogen-bond donors (Lipinski definition) is 0. The molecular weight excluding hydrogens is 691 g/mol. The van der Waals surface area contributed by atoms with Gasteiger partial charge in [0.25, 0.3) is 0 Å². The van der Waals surface area contributed by atoms with Gasteiger partial charge in [0.2, 0.25) is 0 Å². The van der Waals surface area contributed by atoms with Gasteiger partial charge in [-0.3, -0.25) is 0 Å². The van der Waals surface area contributed by atoms with Crippen molar-refractivity contribution in [2.45, 2.75) is 19.3 Å². The average Bonchev–Trinajstić information content (AvgIpc) is 3.75. The molecular formula is C55H39NO.